The molecule has 1 aromatic carbocycles. The largest absolute Gasteiger partial charge is 0.478 e. The van der Waals surface area contributed by atoms with Crippen LogP contribution in [-0.4, -0.2) is 16.1 Å². The van der Waals surface area contributed by atoms with E-state index in [1.165, 1.54) is 6.07 Å². The highest BCUT2D eigenvalue weighted by molar-refractivity contribution is 7.16. The first-order valence-corrected chi connectivity index (χ1v) is 7.05. The van der Waals surface area contributed by atoms with Crippen LogP contribution >= 0.6 is 11.3 Å². The van der Waals surface area contributed by atoms with Crippen molar-refractivity contribution in [3.63, 3.8) is 0 Å². The summed E-state index contributed by atoms with van der Waals surface area (Å²) in [6.07, 6.45) is 0. The molecule has 0 atom stereocenters. The van der Waals surface area contributed by atoms with E-state index in [2.05, 4.69) is 4.98 Å². The molecule has 3 aromatic rings. The maximum atomic E-state index is 10.9. The molecule has 2 heterocycles. The highest BCUT2D eigenvalue weighted by Gasteiger charge is 2.14. The van der Waals surface area contributed by atoms with Gasteiger partial charge < -0.3 is 15.6 Å². The standard InChI is InChI=1S/C15H12N2O3S/c16-11-7-13(21-14(11)15(18)19)20-8-10-6-5-9-3-1-2-4-12(9)17-10/h1-7H,8,16H2,(H,18,19). The average Bonchev–Trinajstić information content (AvgIpc) is 2.86. The molecular formula is C15H12N2O3S. The molecule has 0 spiro atoms. The Balaban J connectivity index is 1.77. The van der Waals surface area contributed by atoms with Gasteiger partial charge in [0.15, 0.2) is 5.06 Å². The van der Waals surface area contributed by atoms with Gasteiger partial charge in [0.1, 0.15) is 11.5 Å². The average molecular weight is 300 g/mol. The number of anilines is 1. The van der Waals surface area contributed by atoms with E-state index in [1.807, 2.05) is 36.4 Å². The lowest BCUT2D eigenvalue weighted by molar-refractivity contribution is 0.0703. The molecule has 6 heteroatoms. The van der Waals surface area contributed by atoms with Gasteiger partial charge in [0, 0.05) is 11.5 Å². The monoisotopic (exact) mass is 300 g/mol. The zero-order valence-electron chi connectivity index (χ0n) is 10.9. The predicted molar refractivity (Wildman–Crippen MR) is 81.8 cm³/mol. The van der Waals surface area contributed by atoms with Crippen LogP contribution in [0.4, 0.5) is 5.69 Å². The van der Waals surface area contributed by atoms with Crippen LogP contribution in [0.1, 0.15) is 15.4 Å². The van der Waals surface area contributed by atoms with E-state index in [4.69, 9.17) is 15.6 Å². The quantitative estimate of drug-likeness (QED) is 0.773. The number of fused-ring (bicyclic) bond motifs is 1. The summed E-state index contributed by atoms with van der Waals surface area (Å²) in [7, 11) is 0. The number of carboxylic acid groups (broad SMARTS) is 1. The Kier molecular flexibility index (Phi) is 3.45. The number of aromatic carboxylic acids is 1. The topological polar surface area (TPSA) is 85.4 Å². The van der Waals surface area contributed by atoms with Gasteiger partial charge in [0.2, 0.25) is 0 Å². The molecule has 106 valence electrons. The lowest BCUT2D eigenvalue weighted by Crippen LogP contribution is -1.97. The van der Waals surface area contributed by atoms with Crippen molar-refractivity contribution in [2.24, 2.45) is 0 Å². The van der Waals surface area contributed by atoms with Crippen molar-refractivity contribution in [2.75, 3.05) is 5.73 Å². The fourth-order valence-corrected chi connectivity index (χ4v) is 2.72. The van der Waals surface area contributed by atoms with Crippen LogP contribution in [0.5, 0.6) is 5.06 Å². The number of para-hydroxylation sites is 1. The number of carboxylic acids is 1. The Labute approximate surface area is 124 Å². The molecule has 5 nitrogen and oxygen atoms in total. The summed E-state index contributed by atoms with van der Waals surface area (Å²) in [5.41, 5.74) is 7.51. The number of ether oxygens (including phenoxy) is 1. The fraction of sp³-hybridized carbons (Fsp3) is 0.0667. The highest BCUT2D eigenvalue weighted by atomic mass is 32.1. The van der Waals surface area contributed by atoms with Crippen molar-refractivity contribution in [1.82, 2.24) is 4.98 Å². The molecule has 0 unspecified atom stereocenters. The number of nitrogens with zero attached hydrogens (tertiary/aromatic N) is 1. The first-order valence-electron chi connectivity index (χ1n) is 6.23. The van der Waals surface area contributed by atoms with Crippen LogP contribution in [0.25, 0.3) is 10.9 Å². The van der Waals surface area contributed by atoms with Gasteiger partial charge >= 0.3 is 5.97 Å². The zero-order chi connectivity index (χ0) is 14.8. The molecule has 0 aliphatic rings. The predicted octanol–water partition coefficient (Wildman–Crippen LogP) is 3.16. The maximum Gasteiger partial charge on any atom is 0.348 e. The molecule has 0 aliphatic carbocycles. The number of thiophene rings is 1. The molecule has 0 bridgehead atoms. The molecule has 0 fully saturated rings. The second-order valence-corrected chi connectivity index (χ2v) is 5.45. The number of aromatic nitrogens is 1. The molecule has 3 N–H and O–H groups in total. The van der Waals surface area contributed by atoms with Crippen molar-refractivity contribution in [3.8, 4) is 5.06 Å². The molecule has 21 heavy (non-hydrogen) atoms. The fourth-order valence-electron chi connectivity index (χ4n) is 1.95. The van der Waals surface area contributed by atoms with Gasteiger partial charge in [-0.15, -0.1) is 0 Å². The number of hydrogen-bond acceptors (Lipinski definition) is 5. The number of rotatable bonds is 4. The number of nitrogens with two attached hydrogens (primary N) is 1. The summed E-state index contributed by atoms with van der Waals surface area (Å²) in [6.45, 7) is 0.268. The summed E-state index contributed by atoms with van der Waals surface area (Å²) in [5, 5.41) is 10.5. The molecule has 3 rings (SSSR count). The molecular weight excluding hydrogens is 288 g/mol. The number of carbonyl (C=O) groups is 1. The lowest BCUT2D eigenvalue weighted by Gasteiger charge is -2.04. The first kappa shape index (κ1) is 13.4. The van der Waals surface area contributed by atoms with E-state index in [9.17, 15) is 4.79 Å². The minimum atomic E-state index is -1.05. The maximum absolute atomic E-state index is 10.9. The number of benzene rings is 1. The van der Waals surface area contributed by atoms with Gasteiger partial charge in [-0.1, -0.05) is 35.6 Å². The minimum Gasteiger partial charge on any atom is -0.478 e. The molecule has 0 amide bonds. The SMILES string of the molecule is Nc1cc(OCc2ccc3ccccc3n2)sc1C(=O)O. The number of hydrogen-bond donors (Lipinski definition) is 2. The third-order valence-corrected chi connectivity index (χ3v) is 4.00. The Morgan fingerprint density at radius 2 is 2.10 bits per heavy atom. The first-order chi connectivity index (χ1) is 10.1. The van der Waals surface area contributed by atoms with Crippen LogP contribution < -0.4 is 10.5 Å². The van der Waals surface area contributed by atoms with E-state index in [0.717, 1.165) is 27.9 Å². The van der Waals surface area contributed by atoms with Gasteiger partial charge in [-0.05, 0) is 12.1 Å². The normalized spacial score (nSPS) is 10.7. The van der Waals surface area contributed by atoms with Gasteiger partial charge in [0.25, 0.3) is 0 Å². The van der Waals surface area contributed by atoms with Crippen molar-refractivity contribution >= 4 is 33.9 Å². The van der Waals surface area contributed by atoms with E-state index >= 15 is 0 Å². The van der Waals surface area contributed by atoms with Crippen LogP contribution in [0.3, 0.4) is 0 Å². The lowest BCUT2D eigenvalue weighted by atomic mass is 10.2. The van der Waals surface area contributed by atoms with Gasteiger partial charge in [-0.2, -0.15) is 0 Å². The third-order valence-electron chi connectivity index (χ3n) is 2.95. The summed E-state index contributed by atoms with van der Waals surface area (Å²) in [5.74, 6) is -1.05. The molecule has 0 saturated carbocycles. The second kappa shape index (κ2) is 5.41. The molecule has 0 aliphatic heterocycles. The van der Waals surface area contributed by atoms with Crippen molar-refractivity contribution in [3.05, 3.63) is 53.0 Å². The van der Waals surface area contributed by atoms with Crippen molar-refractivity contribution < 1.29 is 14.6 Å². The smallest absolute Gasteiger partial charge is 0.348 e. The van der Waals surface area contributed by atoms with Gasteiger partial charge in [-0.3, -0.25) is 0 Å². The summed E-state index contributed by atoms with van der Waals surface area (Å²) in [6, 6.07) is 13.2. The van der Waals surface area contributed by atoms with Crippen LogP contribution in [0.2, 0.25) is 0 Å². The van der Waals surface area contributed by atoms with E-state index in [0.29, 0.717) is 5.06 Å². The number of nitrogen functional groups attached to an aromatic ring is 1. The van der Waals surface area contributed by atoms with E-state index in [-0.39, 0.29) is 17.2 Å². The van der Waals surface area contributed by atoms with Crippen LogP contribution in [-0.2, 0) is 6.61 Å². The zero-order valence-corrected chi connectivity index (χ0v) is 11.8. The molecule has 0 saturated heterocycles. The second-order valence-electron chi connectivity index (χ2n) is 4.44. The molecule has 2 aromatic heterocycles. The Bertz CT molecular complexity index is 814. The van der Waals surface area contributed by atoms with Gasteiger partial charge in [0.05, 0.1) is 16.9 Å². The van der Waals surface area contributed by atoms with Crippen molar-refractivity contribution in [1.29, 1.82) is 0 Å². The van der Waals surface area contributed by atoms with Gasteiger partial charge in [-0.25, -0.2) is 9.78 Å². The summed E-state index contributed by atoms with van der Waals surface area (Å²) >= 11 is 1.02. The van der Waals surface area contributed by atoms with Crippen LogP contribution in [0.15, 0.2) is 42.5 Å². The highest BCUT2D eigenvalue weighted by Crippen LogP contribution is 2.31. The summed E-state index contributed by atoms with van der Waals surface area (Å²) in [4.78, 5) is 15.5. The third kappa shape index (κ3) is 2.80. The minimum absolute atomic E-state index is 0.0940. The van der Waals surface area contributed by atoms with Crippen molar-refractivity contribution in [2.45, 2.75) is 6.61 Å². The van der Waals surface area contributed by atoms with E-state index < -0.39 is 5.97 Å². The van der Waals surface area contributed by atoms with E-state index in [1.54, 1.807) is 0 Å². The Morgan fingerprint density at radius 3 is 2.86 bits per heavy atom. The Hall–Kier alpha value is -2.60. The van der Waals surface area contributed by atoms with Crippen LogP contribution in [0, 0.1) is 0 Å². The molecule has 0 radical (unpaired) electrons. The Morgan fingerprint density at radius 1 is 1.29 bits per heavy atom. The number of pyridine rings is 1. The summed E-state index contributed by atoms with van der Waals surface area (Å²) < 4.78 is 5.57.